The van der Waals surface area contributed by atoms with Crippen molar-refractivity contribution in [1.29, 1.82) is 0 Å². The van der Waals surface area contributed by atoms with E-state index in [1.807, 2.05) is 47.2 Å². The number of hydrogen-bond donors (Lipinski definition) is 1. The minimum absolute atomic E-state index is 0. The molecule has 4 rings (SSSR count). The topological polar surface area (TPSA) is 52.7 Å². The Morgan fingerprint density at radius 1 is 1.03 bits per heavy atom. The maximum atomic E-state index is 13.5. The molecule has 3 aliphatic rings. The Kier molecular flexibility index (Phi) is 8.18. The molecule has 3 fully saturated rings. The zero-order valence-corrected chi connectivity index (χ0v) is 18.9. The summed E-state index contributed by atoms with van der Waals surface area (Å²) in [6, 6.07) is 9.48. The molecule has 0 bridgehead atoms. The SMILES string of the molecule is CNCCC1CCN(C(=O)C2CC3CCCCC3N2C(=O)c2ccccc2)CC1.Cl. The Balaban J connectivity index is 0.00000256. The molecule has 166 valence electrons. The number of carbonyl (C=O) groups excluding carboxylic acids is 2. The van der Waals surface area contributed by atoms with Crippen LogP contribution in [-0.2, 0) is 4.79 Å². The van der Waals surface area contributed by atoms with E-state index in [9.17, 15) is 9.59 Å². The molecule has 2 amide bonds. The van der Waals surface area contributed by atoms with Gasteiger partial charge in [0, 0.05) is 24.7 Å². The molecule has 2 saturated heterocycles. The van der Waals surface area contributed by atoms with Crippen LogP contribution >= 0.6 is 12.4 Å². The van der Waals surface area contributed by atoms with Crippen LogP contribution in [-0.4, -0.2) is 60.4 Å². The van der Waals surface area contributed by atoms with Crippen molar-refractivity contribution < 1.29 is 9.59 Å². The summed E-state index contributed by atoms with van der Waals surface area (Å²) in [7, 11) is 2.00. The van der Waals surface area contributed by atoms with Crippen molar-refractivity contribution in [3.8, 4) is 0 Å². The summed E-state index contributed by atoms with van der Waals surface area (Å²) in [5.74, 6) is 1.43. The van der Waals surface area contributed by atoms with Crippen LogP contribution in [0.3, 0.4) is 0 Å². The van der Waals surface area contributed by atoms with Crippen LogP contribution in [0, 0.1) is 11.8 Å². The number of piperidine rings is 1. The summed E-state index contributed by atoms with van der Waals surface area (Å²) in [4.78, 5) is 31.0. The first kappa shape index (κ1) is 23.1. The summed E-state index contributed by atoms with van der Waals surface area (Å²) in [5.41, 5.74) is 0.710. The molecule has 1 aliphatic carbocycles. The van der Waals surface area contributed by atoms with Crippen LogP contribution in [0.2, 0.25) is 0 Å². The molecule has 3 unspecified atom stereocenters. The number of likely N-dealkylation sites (tertiary alicyclic amines) is 2. The molecule has 0 radical (unpaired) electrons. The Hall–Kier alpha value is -1.59. The number of nitrogens with one attached hydrogen (secondary N) is 1. The van der Waals surface area contributed by atoms with E-state index in [0.29, 0.717) is 17.4 Å². The highest BCUT2D eigenvalue weighted by Gasteiger charge is 2.48. The van der Waals surface area contributed by atoms with Gasteiger partial charge in [-0.1, -0.05) is 31.0 Å². The van der Waals surface area contributed by atoms with Gasteiger partial charge in [0.05, 0.1) is 0 Å². The summed E-state index contributed by atoms with van der Waals surface area (Å²) in [6.07, 6.45) is 8.79. The summed E-state index contributed by atoms with van der Waals surface area (Å²) >= 11 is 0. The molecule has 1 saturated carbocycles. The van der Waals surface area contributed by atoms with Gasteiger partial charge in [-0.15, -0.1) is 12.4 Å². The van der Waals surface area contributed by atoms with Crippen LogP contribution in [0.15, 0.2) is 30.3 Å². The van der Waals surface area contributed by atoms with Gasteiger partial charge in [0.25, 0.3) is 5.91 Å². The molecule has 2 aliphatic heterocycles. The monoisotopic (exact) mass is 433 g/mol. The maximum Gasteiger partial charge on any atom is 0.254 e. The minimum Gasteiger partial charge on any atom is -0.341 e. The van der Waals surface area contributed by atoms with Crippen LogP contribution in [0.4, 0.5) is 0 Å². The second-order valence-electron chi connectivity index (χ2n) is 9.10. The first-order valence-electron chi connectivity index (χ1n) is 11.5. The largest absolute Gasteiger partial charge is 0.341 e. The molecule has 0 spiro atoms. The molecule has 1 N–H and O–H groups in total. The molecular weight excluding hydrogens is 398 g/mol. The number of benzene rings is 1. The predicted molar refractivity (Wildman–Crippen MR) is 122 cm³/mol. The van der Waals surface area contributed by atoms with Gasteiger partial charge in [-0.25, -0.2) is 0 Å². The summed E-state index contributed by atoms with van der Waals surface area (Å²) < 4.78 is 0. The fourth-order valence-electron chi connectivity index (χ4n) is 5.70. The second-order valence-corrected chi connectivity index (χ2v) is 9.10. The first-order valence-corrected chi connectivity index (χ1v) is 11.5. The van der Waals surface area contributed by atoms with Gasteiger partial charge in [-0.3, -0.25) is 9.59 Å². The summed E-state index contributed by atoms with van der Waals surface area (Å²) in [6.45, 7) is 2.72. The predicted octanol–water partition coefficient (Wildman–Crippen LogP) is 3.73. The van der Waals surface area contributed by atoms with Crippen LogP contribution < -0.4 is 5.32 Å². The average Bonchev–Trinajstić information content (AvgIpc) is 3.17. The van der Waals surface area contributed by atoms with Crippen LogP contribution in [0.5, 0.6) is 0 Å². The molecule has 1 aromatic carbocycles. The van der Waals surface area contributed by atoms with Crippen LogP contribution in [0.25, 0.3) is 0 Å². The number of halogens is 1. The molecule has 30 heavy (non-hydrogen) atoms. The van der Waals surface area contributed by atoms with Crippen molar-refractivity contribution in [3.05, 3.63) is 35.9 Å². The van der Waals surface area contributed by atoms with Gasteiger partial charge >= 0.3 is 0 Å². The lowest BCUT2D eigenvalue weighted by atomic mass is 9.84. The van der Waals surface area contributed by atoms with Crippen molar-refractivity contribution >= 4 is 24.2 Å². The van der Waals surface area contributed by atoms with Gasteiger partial charge in [0.2, 0.25) is 5.91 Å². The second kappa shape index (κ2) is 10.6. The highest BCUT2D eigenvalue weighted by Crippen LogP contribution is 2.41. The van der Waals surface area contributed by atoms with Gasteiger partial charge in [-0.05, 0) is 76.1 Å². The standard InChI is InChI=1S/C24H35N3O2.ClH/c1-25-14-11-18-12-15-26(16-13-18)24(29)22-17-20-9-5-6-10-21(20)27(22)23(28)19-7-3-2-4-8-19;/h2-4,7-8,18,20-22,25H,5-6,9-17H2,1H3;1H. The lowest BCUT2D eigenvalue weighted by Gasteiger charge is -2.37. The fraction of sp³-hybridized carbons (Fsp3) is 0.667. The van der Waals surface area contributed by atoms with E-state index in [1.54, 1.807) is 0 Å². The zero-order valence-electron chi connectivity index (χ0n) is 18.1. The number of hydrogen-bond acceptors (Lipinski definition) is 3. The smallest absolute Gasteiger partial charge is 0.254 e. The molecule has 1 aromatic rings. The average molecular weight is 434 g/mol. The Morgan fingerprint density at radius 3 is 2.43 bits per heavy atom. The third kappa shape index (κ3) is 4.83. The fourth-order valence-corrected chi connectivity index (χ4v) is 5.70. The van der Waals surface area contributed by atoms with E-state index in [2.05, 4.69) is 5.32 Å². The van der Waals surface area contributed by atoms with Crippen molar-refractivity contribution in [1.82, 2.24) is 15.1 Å². The third-order valence-electron chi connectivity index (χ3n) is 7.36. The Morgan fingerprint density at radius 2 is 1.73 bits per heavy atom. The van der Waals surface area contributed by atoms with Gasteiger partial charge in [-0.2, -0.15) is 0 Å². The normalized spacial score (nSPS) is 26.8. The van der Waals surface area contributed by atoms with Crippen molar-refractivity contribution in [2.45, 2.75) is 63.5 Å². The number of amides is 2. The molecule has 5 nitrogen and oxygen atoms in total. The van der Waals surface area contributed by atoms with Gasteiger partial charge < -0.3 is 15.1 Å². The van der Waals surface area contributed by atoms with E-state index in [-0.39, 0.29) is 36.3 Å². The van der Waals surface area contributed by atoms with Crippen molar-refractivity contribution in [3.63, 3.8) is 0 Å². The van der Waals surface area contributed by atoms with Crippen molar-refractivity contribution in [2.75, 3.05) is 26.7 Å². The van der Waals surface area contributed by atoms with Gasteiger partial charge in [0.1, 0.15) is 6.04 Å². The number of carbonyl (C=O) groups is 2. The van der Waals surface area contributed by atoms with E-state index in [1.165, 1.54) is 12.8 Å². The van der Waals surface area contributed by atoms with Crippen LogP contribution in [0.1, 0.15) is 61.7 Å². The van der Waals surface area contributed by atoms with E-state index >= 15 is 0 Å². The molecule has 3 atom stereocenters. The third-order valence-corrected chi connectivity index (χ3v) is 7.36. The summed E-state index contributed by atoms with van der Waals surface area (Å²) in [5, 5.41) is 3.23. The zero-order chi connectivity index (χ0) is 20.2. The maximum absolute atomic E-state index is 13.5. The Labute approximate surface area is 187 Å². The number of rotatable bonds is 5. The highest BCUT2D eigenvalue weighted by molar-refractivity contribution is 5.98. The number of fused-ring (bicyclic) bond motifs is 1. The van der Waals surface area contributed by atoms with E-state index in [4.69, 9.17) is 0 Å². The highest BCUT2D eigenvalue weighted by atomic mass is 35.5. The molecule has 0 aromatic heterocycles. The lowest BCUT2D eigenvalue weighted by molar-refractivity contribution is -0.137. The molecule has 2 heterocycles. The minimum atomic E-state index is -0.273. The lowest BCUT2D eigenvalue weighted by Crippen LogP contribution is -2.52. The number of nitrogens with zero attached hydrogens (tertiary/aromatic N) is 2. The quantitative estimate of drug-likeness (QED) is 0.769. The van der Waals surface area contributed by atoms with E-state index in [0.717, 1.165) is 58.2 Å². The first-order chi connectivity index (χ1) is 14.2. The van der Waals surface area contributed by atoms with Gasteiger partial charge in [0.15, 0.2) is 0 Å². The van der Waals surface area contributed by atoms with Crippen molar-refractivity contribution in [2.24, 2.45) is 11.8 Å². The Bertz CT molecular complexity index is 706. The molecule has 6 heteroatoms. The molecular formula is C24H36ClN3O2. The van der Waals surface area contributed by atoms with E-state index < -0.39 is 0 Å².